The maximum atomic E-state index is 11.9. The number of carbonyl (C=O) groups is 1. The smallest absolute Gasteiger partial charge is 0.411 e. The van der Waals surface area contributed by atoms with E-state index in [1.54, 1.807) is 0 Å². The van der Waals surface area contributed by atoms with Gasteiger partial charge in [0.05, 0.1) is 29.6 Å². The molecule has 2 aromatic carbocycles. The van der Waals surface area contributed by atoms with Gasteiger partial charge < -0.3 is 19.8 Å². The zero-order valence-electron chi connectivity index (χ0n) is 18.5. The van der Waals surface area contributed by atoms with Crippen molar-refractivity contribution in [3.63, 3.8) is 0 Å². The van der Waals surface area contributed by atoms with Crippen LogP contribution in [-0.2, 0) is 4.74 Å². The Balaban J connectivity index is 1.71. The molecular formula is C25H31N3O3. The van der Waals surface area contributed by atoms with Crippen molar-refractivity contribution in [1.29, 1.82) is 0 Å². The number of nitrogen functional groups attached to an aromatic ring is 1. The maximum Gasteiger partial charge on any atom is 0.411 e. The summed E-state index contributed by atoms with van der Waals surface area (Å²) in [6, 6.07) is 14.4. The van der Waals surface area contributed by atoms with Crippen LogP contribution in [-0.4, -0.2) is 23.4 Å². The molecule has 1 fully saturated rings. The van der Waals surface area contributed by atoms with Gasteiger partial charge in [0, 0.05) is 28.7 Å². The fourth-order valence-corrected chi connectivity index (χ4v) is 4.02. The van der Waals surface area contributed by atoms with E-state index in [4.69, 9.17) is 15.2 Å². The number of amides is 1. The summed E-state index contributed by atoms with van der Waals surface area (Å²) < 4.78 is 13.4. The van der Waals surface area contributed by atoms with Gasteiger partial charge in [-0.05, 0) is 63.8 Å². The zero-order chi connectivity index (χ0) is 22.0. The Kier molecular flexibility index (Phi) is 6.07. The Morgan fingerprint density at radius 3 is 2.55 bits per heavy atom. The van der Waals surface area contributed by atoms with Gasteiger partial charge in [0.1, 0.15) is 5.75 Å². The van der Waals surface area contributed by atoms with Crippen LogP contribution in [0.3, 0.4) is 0 Å². The molecule has 3 N–H and O–H groups in total. The zero-order valence-corrected chi connectivity index (χ0v) is 18.5. The Morgan fingerprint density at radius 1 is 1.19 bits per heavy atom. The van der Waals surface area contributed by atoms with Crippen molar-refractivity contribution in [3.05, 3.63) is 42.5 Å². The topological polar surface area (TPSA) is 78.5 Å². The molecule has 1 amide bonds. The summed E-state index contributed by atoms with van der Waals surface area (Å²) in [7, 11) is 0. The van der Waals surface area contributed by atoms with Gasteiger partial charge in [-0.1, -0.05) is 19.1 Å². The Hall–Kier alpha value is -3.15. The molecule has 0 unspecified atom stereocenters. The third kappa shape index (κ3) is 4.33. The first-order chi connectivity index (χ1) is 15.0. The summed E-state index contributed by atoms with van der Waals surface area (Å²) in [6.45, 7) is 6.45. The lowest BCUT2D eigenvalue weighted by Gasteiger charge is -2.30. The van der Waals surface area contributed by atoms with Gasteiger partial charge in [-0.25, -0.2) is 4.79 Å². The monoisotopic (exact) mass is 421 g/mol. The van der Waals surface area contributed by atoms with Crippen molar-refractivity contribution in [3.8, 4) is 17.0 Å². The summed E-state index contributed by atoms with van der Waals surface area (Å²) in [6.07, 6.45) is 3.89. The first kappa shape index (κ1) is 21.1. The molecule has 1 heterocycles. The van der Waals surface area contributed by atoms with E-state index < -0.39 is 6.09 Å². The number of rotatable bonds is 7. The molecule has 6 nitrogen and oxygen atoms in total. The molecule has 6 heteroatoms. The van der Waals surface area contributed by atoms with Crippen LogP contribution in [0.4, 0.5) is 16.2 Å². The number of benzene rings is 2. The molecule has 31 heavy (non-hydrogen) atoms. The predicted molar refractivity (Wildman–Crippen MR) is 126 cm³/mol. The van der Waals surface area contributed by atoms with Gasteiger partial charge in [-0.2, -0.15) is 0 Å². The van der Waals surface area contributed by atoms with Crippen LogP contribution < -0.4 is 15.8 Å². The van der Waals surface area contributed by atoms with Crippen molar-refractivity contribution in [2.75, 3.05) is 17.7 Å². The average molecular weight is 422 g/mol. The number of nitrogens with one attached hydrogen (secondary N) is 1. The number of aromatic nitrogens is 1. The number of ether oxygens (including phenoxy) is 2. The summed E-state index contributed by atoms with van der Waals surface area (Å²) in [5.74, 6) is 0.877. The van der Waals surface area contributed by atoms with E-state index in [1.165, 1.54) is 6.42 Å². The van der Waals surface area contributed by atoms with Crippen LogP contribution in [0.2, 0.25) is 0 Å². The minimum atomic E-state index is -0.453. The molecule has 0 saturated heterocycles. The Labute approximate surface area is 183 Å². The SMILES string of the molecule is CCCOc1ccc2c(N)c(-c3ccc(NC(=O)OC(C)C)cc3)n(C3CCC3)c2c1. The first-order valence-electron chi connectivity index (χ1n) is 11.1. The van der Waals surface area contributed by atoms with Crippen molar-refractivity contribution in [2.24, 2.45) is 0 Å². The number of nitrogens with zero attached hydrogens (tertiary/aromatic N) is 1. The van der Waals surface area contributed by atoms with E-state index in [2.05, 4.69) is 28.9 Å². The van der Waals surface area contributed by atoms with E-state index >= 15 is 0 Å². The standard InChI is InChI=1S/C25H31N3O3/c1-4-14-30-20-12-13-21-22(15-20)28(19-6-5-7-19)24(23(21)26)17-8-10-18(11-9-17)27-25(29)31-16(2)3/h8-13,15-16,19H,4-7,14,26H2,1-3H3,(H,27,29). The molecule has 1 saturated carbocycles. The van der Waals surface area contributed by atoms with E-state index in [0.29, 0.717) is 18.3 Å². The molecule has 4 rings (SSSR count). The van der Waals surface area contributed by atoms with Crippen LogP contribution in [0.1, 0.15) is 52.5 Å². The molecule has 0 spiro atoms. The highest BCUT2D eigenvalue weighted by Crippen LogP contribution is 2.44. The molecule has 1 aliphatic rings. The van der Waals surface area contributed by atoms with Crippen molar-refractivity contribution >= 4 is 28.4 Å². The normalized spacial score (nSPS) is 13.9. The fourth-order valence-electron chi connectivity index (χ4n) is 4.02. The Bertz CT molecular complexity index is 1070. The lowest BCUT2D eigenvalue weighted by atomic mass is 9.92. The first-order valence-corrected chi connectivity index (χ1v) is 11.1. The minimum absolute atomic E-state index is 0.163. The summed E-state index contributed by atoms with van der Waals surface area (Å²) >= 11 is 0. The van der Waals surface area contributed by atoms with Gasteiger partial charge in [0.25, 0.3) is 0 Å². The van der Waals surface area contributed by atoms with Crippen molar-refractivity contribution in [2.45, 2.75) is 58.6 Å². The molecule has 1 aromatic heterocycles. The number of hydrogen-bond acceptors (Lipinski definition) is 4. The van der Waals surface area contributed by atoms with Gasteiger partial charge in [0.15, 0.2) is 0 Å². The number of carbonyl (C=O) groups excluding carboxylic acids is 1. The molecule has 0 radical (unpaired) electrons. The predicted octanol–water partition coefficient (Wildman–Crippen LogP) is 6.36. The Morgan fingerprint density at radius 2 is 1.94 bits per heavy atom. The number of fused-ring (bicyclic) bond motifs is 1. The molecule has 0 aliphatic heterocycles. The number of nitrogens with two attached hydrogens (primary N) is 1. The van der Waals surface area contributed by atoms with E-state index in [-0.39, 0.29) is 6.10 Å². The van der Waals surface area contributed by atoms with Gasteiger partial charge >= 0.3 is 6.09 Å². The second kappa shape index (κ2) is 8.92. The van der Waals surface area contributed by atoms with Crippen LogP contribution in [0.5, 0.6) is 5.75 Å². The van der Waals surface area contributed by atoms with Crippen molar-refractivity contribution < 1.29 is 14.3 Å². The summed E-state index contributed by atoms with van der Waals surface area (Å²) in [5.41, 5.74) is 11.3. The summed E-state index contributed by atoms with van der Waals surface area (Å²) in [5, 5.41) is 3.81. The van der Waals surface area contributed by atoms with Crippen LogP contribution in [0.25, 0.3) is 22.2 Å². The maximum absolute atomic E-state index is 11.9. The fraction of sp³-hybridized carbons (Fsp3) is 0.400. The molecular weight excluding hydrogens is 390 g/mol. The van der Waals surface area contributed by atoms with Gasteiger partial charge in [0.2, 0.25) is 0 Å². The van der Waals surface area contributed by atoms with Crippen LogP contribution >= 0.6 is 0 Å². The third-order valence-corrected chi connectivity index (χ3v) is 5.68. The highest BCUT2D eigenvalue weighted by molar-refractivity contribution is 6.01. The lowest BCUT2D eigenvalue weighted by Crippen LogP contribution is -2.18. The van der Waals surface area contributed by atoms with Crippen molar-refractivity contribution in [1.82, 2.24) is 4.57 Å². The van der Waals surface area contributed by atoms with Gasteiger partial charge in [-0.3, -0.25) is 5.32 Å². The minimum Gasteiger partial charge on any atom is -0.494 e. The second-order valence-corrected chi connectivity index (χ2v) is 8.40. The molecule has 0 atom stereocenters. The van der Waals surface area contributed by atoms with E-state index in [1.807, 2.05) is 44.2 Å². The largest absolute Gasteiger partial charge is 0.494 e. The highest BCUT2D eigenvalue weighted by atomic mass is 16.6. The van der Waals surface area contributed by atoms with Crippen LogP contribution in [0.15, 0.2) is 42.5 Å². The third-order valence-electron chi connectivity index (χ3n) is 5.68. The van der Waals surface area contributed by atoms with E-state index in [9.17, 15) is 4.79 Å². The quantitative estimate of drug-likeness (QED) is 0.465. The summed E-state index contributed by atoms with van der Waals surface area (Å²) in [4.78, 5) is 11.9. The average Bonchev–Trinajstić information content (AvgIpc) is 2.97. The molecule has 1 aliphatic carbocycles. The molecule has 3 aromatic rings. The number of anilines is 2. The van der Waals surface area contributed by atoms with E-state index in [0.717, 1.165) is 52.9 Å². The molecule has 164 valence electrons. The highest BCUT2D eigenvalue weighted by Gasteiger charge is 2.27. The lowest BCUT2D eigenvalue weighted by molar-refractivity contribution is 0.130. The van der Waals surface area contributed by atoms with Crippen LogP contribution in [0, 0.1) is 0 Å². The number of hydrogen-bond donors (Lipinski definition) is 2. The van der Waals surface area contributed by atoms with Gasteiger partial charge in [-0.15, -0.1) is 0 Å². The second-order valence-electron chi connectivity index (χ2n) is 8.40. The molecule has 0 bridgehead atoms.